The van der Waals surface area contributed by atoms with E-state index in [0.717, 1.165) is 44.5 Å². The summed E-state index contributed by atoms with van der Waals surface area (Å²) < 4.78 is 18.4. The lowest BCUT2D eigenvalue weighted by Gasteiger charge is -2.08. The van der Waals surface area contributed by atoms with Gasteiger partial charge in [-0.2, -0.15) is 5.10 Å². The largest absolute Gasteiger partial charge is 0.497 e. The van der Waals surface area contributed by atoms with E-state index in [9.17, 15) is 0 Å². The quantitative estimate of drug-likeness (QED) is 0.368. The number of aromatic nitrogens is 3. The second kappa shape index (κ2) is 7.89. The molecule has 5 aromatic rings. The lowest BCUT2D eigenvalue weighted by atomic mass is 10.1. The van der Waals surface area contributed by atoms with Crippen molar-refractivity contribution in [3.05, 3.63) is 72.4 Å². The maximum Gasteiger partial charge on any atom is 0.161 e. The van der Waals surface area contributed by atoms with Crippen molar-refractivity contribution in [3.8, 4) is 34.2 Å². The molecule has 0 saturated carbocycles. The Bertz CT molecular complexity index is 1440. The van der Waals surface area contributed by atoms with E-state index in [0.29, 0.717) is 11.5 Å². The van der Waals surface area contributed by atoms with E-state index in [1.165, 1.54) is 5.56 Å². The van der Waals surface area contributed by atoms with Crippen LogP contribution in [0, 0.1) is 6.92 Å². The third kappa shape index (κ3) is 3.21. The number of methoxy groups -OCH3 is 3. The molecule has 3 aromatic carbocycles. The monoisotopic (exact) mass is 425 g/mol. The van der Waals surface area contributed by atoms with Gasteiger partial charge in [-0.05, 0) is 55.5 Å². The summed E-state index contributed by atoms with van der Waals surface area (Å²) in [5.41, 5.74) is 5.76. The van der Waals surface area contributed by atoms with Crippen LogP contribution >= 0.6 is 0 Å². The van der Waals surface area contributed by atoms with Crippen molar-refractivity contribution >= 4 is 21.8 Å². The summed E-state index contributed by atoms with van der Waals surface area (Å²) in [5, 5.41) is 6.95. The van der Waals surface area contributed by atoms with E-state index in [2.05, 4.69) is 31.2 Å². The Morgan fingerprint density at radius 2 is 1.53 bits per heavy atom. The Hall–Kier alpha value is -4.06. The maximum absolute atomic E-state index is 5.52. The summed E-state index contributed by atoms with van der Waals surface area (Å²) in [5.74, 6) is 2.10. The van der Waals surface area contributed by atoms with Crippen LogP contribution in [0.2, 0.25) is 0 Å². The van der Waals surface area contributed by atoms with E-state index in [4.69, 9.17) is 24.3 Å². The first kappa shape index (κ1) is 19.9. The standard InChI is InChI=1S/C26H23N3O3/c1-16-5-8-18(9-6-16)29-26-20-14-19(30-2)10-11-22(20)27-15-21(26)25(28-29)17-7-12-23(31-3)24(13-17)32-4/h5-15H,1-4H3. The number of ether oxygens (including phenoxy) is 3. The first-order chi connectivity index (χ1) is 15.6. The molecule has 0 saturated heterocycles. The zero-order valence-electron chi connectivity index (χ0n) is 18.4. The molecule has 0 amide bonds. The van der Waals surface area contributed by atoms with Gasteiger partial charge in [0, 0.05) is 22.5 Å². The van der Waals surface area contributed by atoms with Crippen molar-refractivity contribution in [1.29, 1.82) is 0 Å². The summed E-state index contributed by atoms with van der Waals surface area (Å²) in [6, 6.07) is 20.0. The number of hydrogen-bond donors (Lipinski definition) is 0. The fraction of sp³-hybridized carbons (Fsp3) is 0.154. The van der Waals surface area contributed by atoms with Crippen molar-refractivity contribution < 1.29 is 14.2 Å². The summed E-state index contributed by atoms with van der Waals surface area (Å²) >= 11 is 0. The molecule has 6 heteroatoms. The lowest BCUT2D eigenvalue weighted by molar-refractivity contribution is 0.355. The minimum absolute atomic E-state index is 0.651. The zero-order valence-corrected chi connectivity index (χ0v) is 18.4. The van der Waals surface area contributed by atoms with Gasteiger partial charge in [-0.15, -0.1) is 0 Å². The van der Waals surface area contributed by atoms with Gasteiger partial charge in [-0.25, -0.2) is 4.68 Å². The lowest BCUT2D eigenvalue weighted by Crippen LogP contribution is -1.97. The van der Waals surface area contributed by atoms with Crippen LogP contribution < -0.4 is 14.2 Å². The Balaban J connectivity index is 1.85. The third-order valence-electron chi connectivity index (χ3n) is 5.65. The zero-order chi connectivity index (χ0) is 22.2. The number of pyridine rings is 1. The highest BCUT2D eigenvalue weighted by atomic mass is 16.5. The molecule has 0 N–H and O–H groups in total. The van der Waals surface area contributed by atoms with Crippen LogP contribution in [0.15, 0.2) is 66.9 Å². The smallest absolute Gasteiger partial charge is 0.161 e. The number of nitrogens with zero attached hydrogens (tertiary/aromatic N) is 3. The summed E-state index contributed by atoms with van der Waals surface area (Å²) in [6.07, 6.45) is 1.88. The van der Waals surface area contributed by atoms with E-state index in [1.54, 1.807) is 21.3 Å². The van der Waals surface area contributed by atoms with Crippen LogP contribution in [0.3, 0.4) is 0 Å². The van der Waals surface area contributed by atoms with E-state index in [1.807, 2.05) is 47.3 Å². The average Bonchev–Trinajstić information content (AvgIpc) is 3.24. The van der Waals surface area contributed by atoms with Gasteiger partial charge in [0.1, 0.15) is 11.4 Å². The normalized spacial score (nSPS) is 11.1. The number of rotatable bonds is 5. The predicted molar refractivity (Wildman–Crippen MR) is 126 cm³/mol. The van der Waals surface area contributed by atoms with Crippen molar-refractivity contribution in [3.63, 3.8) is 0 Å². The summed E-state index contributed by atoms with van der Waals surface area (Å²) in [6.45, 7) is 2.07. The molecule has 6 nitrogen and oxygen atoms in total. The van der Waals surface area contributed by atoms with Gasteiger partial charge in [0.2, 0.25) is 0 Å². The van der Waals surface area contributed by atoms with Crippen LogP contribution in [0.25, 0.3) is 38.8 Å². The second-order valence-corrected chi connectivity index (χ2v) is 7.57. The molecule has 32 heavy (non-hydrogen) atoms. The molecule has 2 heterocycles. The van der Waals surface area contributed by atoms with E-state index < -0.39 is 0 Å². The first-order valence-corrected chi connectivity index (χ1v) is 10.3. The van der Waals surface area contributed by atoms with Crippen molar-refractivity contribution in [2.24, 2.45) is 0 Å². The Labute approximate surface area is 186 Å². The van der Waals surface area contributed by atoms with Crippen LogP contribution in [-0.4, -0.2) is 36.1 Å². The predicted octanol–water partition coefficient (Wildman–Crippen LogP) is 5.57. The molecular weight excluding hydrogens is 402 g/mol. The minimum atomic E-state index is 0.651. The van der Waals surface area contributed by atoms with Gasteiger partial charge in [0.15, 0.2) is 11.5 Å². The van der Waals surface area contributed by atoms with E-state index >= 15 is 0 Å². The van der Waals surface area contributed by atoms with Crippen molar-refractivity contribution in [2.45, 2.75) is 6.92 Å². The maximum atomic E-state index is 5.52. The molecule has 0 bridgehead atoms. The van der Waals surface area contributed by atoms with E-state index in [-0.39, 0.29) is 0 Å². The molecule has 5 rings (SSSR count). The average molecular weight is 425 g/mol. The first-order valence-electron chi connectivity index (χ1n) is 10.3. The number of benzene rings is 3. The molecule has 0 aliphatic carbocycles. The fourth-order valence-corrected chi connectivity index (χ4v) is 3.96. The van der Waals surface area contributed by atoms with Crippen LogP contribution in [0.5, 0.6) is 17.2 Å². The molecule has 160 valence electrons. The third-order valence-corrected chi connectivity index (χ3v) is 5.65. The Morgan fingerprint density at radius 3 is 2.25 bits per heavy atom. The Kier molecular flexibility index (Phi) is 4.90. The molecule has 2 aromatic heterocycles. The van der Waals surface area contributed by atoms with Gasteiger partial charge in [0.05, 0.1) is 38.1 Å². The number of hydrogen-bond acceptors (Lipinski definition) is 5. The van der Waals surface area contributed by atoms with Gasteiger partial charge >= 0.3 is 0 Å². The van der Waals surface area contributed by atoms with Crippen molar-refractivity contribution in [2.75, 3.05) is 21.3 Å². The highest BCUT2D eigenvalue weighted by molar-refractivity contribution is 6.09. The van der Waals surface area contributed by atoms with Gasteiger partial charge in [0.25, 0.3) is 0 Å². The second-order valence-electron chi connectivity index (χ2n) is 7.57. The highest BCUT2D eigenvalue weighted by Gasteiger charge is 2.19. The molecule has 0 spiro atoms. The SMILES string of the molecule is COc1ccc2ncc3c(-c4ccc(OC)c(OC)c4)nn(-c4ccc(C)cc4)c3c2c1. The molecule has 0 fully saturated rings. The minimum Gasteiger partial charge on any atom is -0.497 e. The Morgan fingerprint density at radius 1 is 0.750 bits per heavy atom. The molecule has 0 radical (unpaired) electrons. The molecule has 0 atom stereocenters. The summed E-state index contributed by atoms with van der Waals surface area (Å²) in [4.78, 5) is 4.70. The molecule has 0 aliphatic heterocycles. The number of fused-ring (bicyclic) bond motifs is 3. The topological polar surface area (TPSA) is 58.4 Å². The number of aryl methyl sites for hydroxylation is 1. The van der Waals surface area contributed by atoms with Gasteiger partial charge in [-0.3, -0.25) is 4.98 Å². The van der Waals surface area contributed by atoms with Gasteiger partial charge in [-0.1, -0.05) is 17.7 Å². The van der Waals surface area contributed by atoms with Crippen LogP contribution in [0.4, 0.5) is 0 Å². The highest BCUT2D eigenvalue weighted by Crippen LogP contribution is 2.38. The molecule has 0 aliphatic rings. The van der Waals surface area contributed by atoms with Crippen LogP contribution in [0.1, 0.15) is 5.56 Å². The van der Waals surface area contributed by atoms with Crippen LogP contribution in [-0.2, 0) is 0 Å². The van der Waals surface area contributed by atoms with Gasteiger partial charge < -0.3 is 14.2 Å². The fourth-order valence-electron chi connectivity index (χ4n) is 3.96. The molecular formula is C26H23N3O3. The van der Waals surface area contributed by atoms with Crippen molar-refractivity contribution in [1.82, 2.24) is 14.8 Å². The molecule has 0 unspecified atom stereocenters. The summed E-state index contributed by atoms with van der Waals surface area (Å²) in [7, 11) is 4.93.